The first-order valence-corrected chi connectivity index (χ1v) is 13.2. The summed E-state index contributed by atoms with van der Waals surface area (Å²) in [5.41, 5.74) is 8.89. The van der Waals surface area contributed by atoms with Crippen LogP contribution in [0.5, 0.6) is 5.75 Å². The zero-order valence-electron chi connectivity index (χ0n) is 21.1. The van der Waals surface area contributed by atoms with Crippen molar-refractivity contribution in [3.63, 3.8) is 0 Å². The lowest BCUT2D eigenvalue weighted by Crippen LogP contribution is -2.54. The van der Waals surface area contributed by atoms with E-state index in [1.165, 1.54) is 22.3 Å². The van der Waals surface area contributed by atoms with Gasteiger partial charge in [0, 0.05) is 49.8 Å². The molecule has 1 aliphatic carbocycles. The van der Waals surface area contributed by atoms with E-state index in [2.05, 4.69) is 57.9 Å². The Bertz CT molecular complexity index is 1500. The van der Waals surface area contributed by atoms with E-state index in [1.807, 2.05) is 12.1 Å². The van der Waals surface area contributed by atoms with E-state index >= 15 is 0 Å². The first kappa shape index (κ1) is 24.1. The van der Waals surface area contributed by atoms with Gasteiger partial charge in [-0.3, -0.25) is 14.3 Å². The Morgan fingerprint density at radius 3 is 2.81 bits per heavy atom. The molecule has 2 aliphatic rings. The van der Waals surface area contributed by atoms with Crippen molar-refractivity contribution in [2.24, 2.45) is 5.92 Å². The fraction of sp³-hybridized carbons (Fsp3) is 0.333. The minimum Gasteiger partial charge on any atom is -0.497 e. The summed E-state index contributed by atoms with van der Waals surface area (Å²) in [6.07, 6.45) is 10.6. The molecule has 2 atom stereocenters. The monoisotopic (exact) mass is 516 g/mol. The maximum Gasteiger partial charge on any atom is 0.137 e. The number of ether oxygens (including phenoxy) is 1. The predicted molar refractivity (Wildman–Crippen MR) is 146 cm³/mol. The van der Waals surface area contributed by atoms with Gasteiger partial charge in [0.25, 0.3) is 0 Å². The number of methoxy groups -OCH3 is 1. The number of nitrogens with zero attached hydrogens (tertiary/aromatic N) is 4. The summed E-state index contributed by atoms with van der Waals surface area (Å²) in [6, 6.07) is 12.9. The fourth-order valence-electron chi connectivity index (χ4n) is 5.75. The molecule has 1 aromatic carbocycles. The molecule has 7 heteroatoms. The number of hydrogen-bond donors (Lipinski definition) is 0. The molecule has 0 radical (unpaired) electrons. The van der Waals surface area contributed by atoms with Crippen LogP contribution in [-0.4, -0.2) is 45.6 Å². The van der Waals surface area contributed by atoms with E-state index in [9.17, 15) is 4.39 Å². The van der Waals surface area contributed by atoms with Crippen LogP contribution in [0.2, 0.25) is 5.02 Å². The van der Waals surface area contributed by atoms with Crippen molar-refractivity contribution in [3.05, 3.63) is 94.2 Å². The second-order valence-corrected chi connectivity index (χ2v) is 10.5. The molecule has 0 saturated carbocycles. The number of aromatic nitrogens is 3. The first-order chi connectivity index (χ1) is 18.1. The van der Waals surface area contributed by atoms with Crippen LogP contribution in [0.25, 0.3) is 16.8 Å². The minimum absolute atomic E-state index is 0.142. The van der Waals surface area contributed by atoms with Crippen molar-refractivity contribution < 1.29 is 9.13 Å². The Hall–Kier alpha value is -3.22. The number of alkyl halides is 1. The number of fused-ring (bicyclic) bond motifs is 2. The van der Waals surface area contributed by atoms with Gasteiger partial charge in [0.2, 0.25) is 0 Å². The van der Waals surface area contributed by atoms with Gasteiger partial charge < -0.3 is 9.14 Å². The van der Waals surface area contributed by atoms with Crippen LogP contribution in [0.4, 0.5) is 4.39 Å². The number of aryl methyl sites for hydroxylation is 1. The SMILES string of the molecule is COc1ccc2c(c1)CCCC(c1ccncc1Cl)=C2c1ccn2cc(CN3CC(CF)C3C)nc2c1. The number of likely N-dealkylation sites (tertiary alicyclic amines) is 1. The Morgan fingerprint density at radius 1 is 1.14 bits per heavy atom. The Labute approximate surface area is 221 Å². The number of imidazole rings is 1. The highest BCUT2D eigenvalue weighted by Crippen LogP contribution is 2.42. The highest BCUT2D eigenvalue weighted by molar-refractivity contribution is 6.32. The Morgan fingerprint density at radius 2 is 2.03 bits per heavy atom. The zero-order chi connectivity index (χ0) is 25.5. The molecule has 1 fully saturated rings. The lowest BCUT2D eigenvalue weighted by molar-refractivity contribution is 0.00517. The summed E-state index contributed by atoms with van der Waals surface area (Å²) in [7, 11) is 1.71. The standard InChI is InChI=1S/C30H30ClFN4O/c1-19-22(14-32)16-36(19)18-23-17-35-11-9-21(13-29(35)34-23)30-25-7-6-24(37-2)12-20(25)4-3-5-27(30)26-8-10-33-15-28(26)31/h6-13,15,17,19,22H,3-5,14,16,18H2,1-2H3. The van der Waals surface area contributed by atoms with Crippen LogP contribution in [0.3, 0.4) is 0 Å². The van der Waals surface area contributed by atoms with Gasteiger partial charge in [-0.1, -0.05) is 17.7 Å². The number of pyridine rings is 2. The van der Waals surface area contributed by atoms with Crippen molar-refractivity contribution >= 4 is 28.4 Å². The van der Waals surface area contributed by atoms with Crippen molar-refractivity contribution in [2.75, 3.05) is 20.3 Å². The molecule has 0 spiro atoms. The molecule has 2 unspecified atom stereocenters. The third kappa shape index (κ3) is 4.42. The van der Waals surface area contributed by atoms with Crippen LogP contribution < -0.4 is 4.74 Å². The number of allylic oxidation sites excluding steroid dienone is 1. The van der Waals surface area contributed by atoms with Crippen LogP contribution >= 0.6 is 11.6 Å². The zero-order valence-corrected chi connectivity index (χ0v) is 21.9. The number of benzene rings is 1. The van der Waals surface area contributed by atoms with Crippen LogP contribution in [0.1, 0.15) is 47.7 Å². The molecular weight excluding hydrogens is 487 g/mol. The molecule has 0 bridgehead atoms. The van der Waals surface area contributed by atoms with E-state index < -0.39 is 0 Å². The molecule has 5 nitrogen and oxygen atoms in total. The average Bonchev–Trinajstić information content (AvgIpc) is 3.23. The number of hydrogen-bond acceptors (Lipinski definition) is 4. The predicted octanol–water partition coefficient (Wildman–Crippen LogP) is 6.48. The summed E-state index contributed by atoms with van der Waals surface area (Å²) < 4.78 is 20.7. The van der Waals surface area contributed by atoms with E-state index in [0.717, 1.165) is 60.6 Å². The second-order valence-electron chi connectivity index (χ2n) is 10.1. The van der Waals surface area contributed by atoms with E-state index in [4.69, 9.17) is 21.3 Å². The molecule has 6 rings (SSSR count). The lowest BCUT2D eigenvalue weighted by Gasteiger charge is -2.44. The van der Waals surface area contributed by atoms with Gasteiger partial charge in [-0.05, 0) is 89.9 Å². The largest absolute Gasteiger partial charge is 0.497 e. The summed E-state index contributed by atoms with van der Waals surface area (Å²) >= 11 is 6.68. The molecule has 4 heterocycles. The Kier molecular flexibility index (Phi) is 6.47. The van der Waals surface area contributed by atoms with Gasteiger partial charge in [-0.15, -0.1) is 0 Å². The molecule has 4 aromatic rings. The molecular formula is C30H30ClFN4O. The van der Waals surface area contributed by atoms with E-state index in [0.29, 0.717) is 5.02 Å². The molecule has 0 amide bonds. The van der Waals surface area contributed by atoms with Crippen LogP contribution in [-0.2, 0) is 13.0 Å². The topological polar surface area (TPSA) is 42.7 Å². The van der Waals surface area contributed by atoms with Gasteiger partial charge in [0.1, 0.15) is 11.4 Å². The maximum atomic E-state index is 13.1. The summed E-state index contributed by atoms with van der Waals surface area (Å²) in [6.45, 7) is 3.37. The van der Waals surface area contributed by atoms with E-state index in [1.54, 1.807) is 19.5 Å². The van der Waals surface area contributed by atoms with Crippen LogP contribution in [0.15, 0.2) is 61.2 Å². The van der Waals surface area contributed by atoms with Crippen molar-refractivity contribution in [2.45, 2.75) is 38.8 Å². The number of halogens is 2. The minimum atomic E-state index is -0.252. The molecule has 1 aliphatic heterocycles. The normalized spacial score (nSPS) is 20.0. The fourth-order valence-corrected chi connectivity index (χ4v) is 5.98. The third-order valence-electron chi connectivity index (χ3n) is 7.94. The quantitative estimate of drug-likeness (QED) is 0.294. The second kappa shape index (κ2) is 9.92. The van der Waals surface area contributed by atoms with Crippen molar-refractivity contribution in [1.29, 1.82) is 0 Å². The smallest absolute Gasteiger partial charge is 0.137 e. The van der Waals surface area contributed by atoms with Crippen molar-refractivity contribution in [1.82, 2.24) is 19.3 Å². The van der Waals surface area contributed by atoms with Gasteiger partial charge in [0.15, 0.2) is 0 Å². The number of rotatable bonds is 6. The molecule has 1 saturated heterocycles. The highest BCUT2D eigenvalue weighted by atomic mass is 35.5. The van der Waals surface area contributed by atoms with Gasteiger partial charge >= 0.3 is 0 Å². The van der Waals surface area contributed by atoms with Crippen LogP contribution in [0, 0.1) is 5.92 Å². The molecule has 37 heavy (non-hydrogen) atoms. The summed E-state index contributed by atoms with van der Waals surface area (Å²) in [5, 5.41) is 0.659. The summed E-state index contributed by atoms with van der Waals surface area (Å²) in [4.78, 5) is 11.4. The molecule has 190 valence electrons. The van der Waals surface area contributed by atoms with E-state index in [-0.39, 0.29) is 18.6 Å². The van der Waals surface area contributed by atoms with Gasteiger partial charge in [-0.25, -0.2) is 4.98 Å². The maximum absolute atomic E-state index is 13.1. The first-order valence-electron chi connectivity index (χ1n) is 12.8. The Balaban J connectivity index is 1.46. The van der Waals surface area contributed by atoms with Crippen molar-refractivity contribution in [3.8, 4) is 5.75 Å². The van der Waals surface area contributed by atoms with Gasteiger partial charge in [0.05, 0.1) is 24.5 Å². The summed E-state index contributed by atoms with van der Waals surface area (Å²) in [5.74, 6) is 1.01. The lowest BCUT2D eigenvalue weighted by atomic mass is 9.88. The third-order valence-corrected chi connectivity index (χ3v) is 8.24. The molecule has 3 aromatic heterocycles. The van der Waals surface area contributed by atoms with Gasteiger partial charge in [-0.2, -0.15) is 0 Å². The average molecular weight is 517 g/mol. The highest BCUT2D eigenvalue weighted by Gasteiger charge is 2.35. The molecule has 0 N–H and O–H groups in total.